The van der Waals surface area contributed by atoms with Gasteiger partial charge >= 0.3 is 11.9 Å². The molecule has 0 spiro atoms. The molecule has 0 fully saturated rings. The number of ether oxygens (including phenoxy) is 1. The molecule has 0 unspecified atom stereocenters. The van der Waals surface area contributed by atoms with E-state index in [1.807, 2.05) is 48.5 Å². The van der Waals surface area contributed by atoms with Gasteiger partial charge in [-0.25, -0.2) is 9.59 Å². The molecular formula is C19H18O5. The summed E-state index contributed by atoms with van der Waals surface area (Å²) in [5.74, 6) is -1.33. The number of para-hydroxylation sites is 1. The van der Waals surface area contributed by atoms with Gasteiger partial charge < -0.3 is 14.9 Å². The maximum atomic E-state index is 11.2. The number of carboxylic acid groups (broad SMARTS) is 2. The second-order valence-electron chi connectivity index (χ2n) is 4.58. The van der Waals surface area contributed by atoms with E-state index in [0.29, 0.717) is 12.2 Å². The van der Waals surface area contributed by atoms with Crippen LogP contribution in [0.1, 0.15) is 5.56 Å². The lowest BCUT2D eigenvalue weighted by Gasteiger charge is -2.04. The first-order valence-electron chi connectivity index (χ1n) is 7.06. The van der Waals surface area contributed by atoms with Crippen molar-refractivity contribution in [1.29, 1.82) is 0 Å². The Hall–Kier alpha value is -3.34. The largest absolute Gasteiger partial charge is 0.478 e. The van der Waals surface area contributed by atoms with Crippen LogP contribution in [0.3, 0.4) is 0 Å². The summed E-state index contributed by atoms with van der Waals surface area (Å²) in [6, 6.07) is 18.5. The van der Waals surface area contributed by atoms with Gasteiger partial charge in [-0.3, -0.25) is 0 Å². The van der Waals surface area contributed by atoms with Crippen molar-refractivity contribution in [2.75, 3.05) is 0 Å². The Morgan fingerprint density at radius 1 is 0.958 bits per heavy atom. The second-order valence-corrected chi connectivity index (χ2v) is 4.58. The molecule has 124 valence electrons. The van der Waals surface area contributed by atoms with E-state index in [1.165, 1.54) is 6.26 Å². The minimum absolute atomic E-state index is 0.218. The van der Waals surface area contributed by atoms with Gasteiger partial charge in [0.1, 0.15) is 12.0 Å². The minimum atomic E-state index is -0.981. The monoisotopic (exact) mass is 326 g/mol. The van der Waals surface area contributed by atoms with Crippen LogP contribution in [-0.4, -0.2) is 22.2 Å². The Balaban J connectivity index is 0.000000505. The Morgan fingerprint density at radius 3 is 1.92 bits per heavy atom. The maximum Gasteiger partial charge on any atom is 0.335 e. The van der Waals surface area contributed by atoms with Crippen molar-refractivity contribution in [3.05, 3.63) is 90.7 Å². The zero-order chi connectivity index (χ0) is 17.8. The third kappa shape index (κ3) is 7.61. The first-order valence-corrected chi connectivity index (χ1v) is 7.06. The molecule has 0 aliphatic heterocycles. The number of benzene rings is 2. The highest BCUT2D eigenvalue weighted by atomic mass is 16.5. The lowest BCUT2D eigenvalue weighted by atomic mass is 10.1. The normalized spacial score (nSPS) is 10.1. The van der Waals surface area contributed by atoms with E-state index in [1.54, 1.807) is 12.1 Å². The topological polar surface area (TPSA) is 83.8 Å². The maximum absolute atomic E-state index is 11.2. The Kier molecular flexibility index (Phi) is 8.10. The summed E-state index contributed by atoms with van der Waals surface area (Å²) < 4.78 is 5.36. The molecule has 0 saturated carbocycles. The zero-order valence-corrected chi connectivity index (χ0v) is 13.0. The third-order valence-electron chi connectivity index (χ3n) is 2.77. The molecule has 0 aliphatic carbocycles. The molecule has 0 aliphatic rings. The van der Waals surface area contributed by atoms with Crippen molar-refractivity contribution in [3.8, 4) is 5.75 Å². The molecule has 2 aromatic carbocycles. The van der Waals surface area contributed by atoms with E-state index in [2.05, 4.69) is 6.58 Å². The highest BCUT2D eigenvalue weighted by molar-refractivity contribution is 5.86. The van der Waals surface area contributed by atoms with Crippen LogP contribution in [0, 0.1) is 0 Å². The molecule has 0 radical (unpaired) electrons. The van der Waals surface area contributed by atoms with Gasteiger partial charge in [-0.2, -0.15) is 0 Å². The molecule has 2 N–H and O–H groups in total. The zero-order valence-electron chi connectivity index (χ0n) is 13.0. The van der Waals surface area contributed by atoms with Crippen LogP contribution >= 0.6 is 0 Å². The molecule has 24 heavy (non-hydrogen) atoms. The van der Waals surface area contributed by atoms with Crippen LogP contribution in [-0.2, 0) is 16.0 Å². The molecule has 2 aromatic rings. The van der Waals surface area contributed by atoms with Crippen molar-refractivity contribution >= 4 is 11.9 Å². The lowest BCUT2D eigenvalue weighted by molar-refractivity contribution is -0.133. The summed E-state index contributed by atoms with van der Waals surface area (Å²) in [5.41, 5.74) is 1.16. The van der Waals surface area contributed by atoms with Crippen LogP contribution in [0.15, 0.2) is 85.2 Å². The SMILES string of the molecule is C=CC(=O)O.O=C(O)C(=COc1ccccc1)Cc1ccccc1. The van der Waals surface area contributed by atoms with E-state index in [4.69, 9.17) is 14.9 Å². The van der Waals surface area contributed by atoms with Crippen LogP contribution in [0.5, 0.6) is 5.75 Å². The van der Waals surface area contributed by atoms with Gasteiger partial charge in [-0.15, -0.1) is 0 Å². The van der Waals surface area contributed by atoms with Crippen molar-refractivity contribution in [3.63, 3.8) is 0 Å². The van der Waals surface area contributed by atoms with Gasteiger partial charge in [-0.05, 0) is 17.7 Å². The standard InChI is InChI=1S/C16H14O3.C3H4O2/c17-16(18)14(11-13-7-3-1-4-8-13)12-19-15-9-5-2-6-10-15;1-2-3(4)5/h1-10,12H,11H2,(H,17,18);2H,1H2,(H,4,5). The molecule has 5 heteroatoms. The Morgan fingerprint density at radius 2 is 1.46 bits per heavy atom. The summed E-state index contributed by atoms with van der Waals surface area (Å²) in [6.45, 7) is 2.96. The van der Waals surface area contributed by atoms with E-state index in [9.17, 15) is 9.59 Å². The van der Waals surface area contributed by atoms with E-state index >= 15 is 0 Å². The number of rotatable bonds is 6. The average Bonchev–Trinajstić information content (AvgIpc) is 2.60. The average molecular weight is 326 g/mol. The van der Waals surface area contributed by atoms with Gasteiger partial charge in [-0.1, -0.05) is 55.1 Å². The van der Waals surface area contributed by atoms with Gasteiger partial charge in [0.2, 0.25) is 0 Å². The first kappa shape index (κ1) is 18.7. The predicted octanol–water partition coefficient (Wildman–Crippen LogP) is 3.53. The van der Waals surface area contributed by atoms with Crippen molar-refractivity contribution in [2.45, 2.75) is 6.42 Å². The quantitative estimate of drug-likeness (QED) is 0.626. The summed E-state index contributed by atoms with van der Waals surface area (Å²) in [5, 5.41) is 16.8. The number of carboxylic acids is 2. The van der Waals surface area contributed by atoms with Gasteiger partial charge in [0.25, 0.3) is 0 Å². The second kappa shape index (κ2) is 10.4. The fourth-order valence-corrected chi connectivity index (χ4v) is 1.62. The molecule has 2 rings (SSSR count). The fraction of sp³-hybridized carbons (Fsp3) is 0.0526. The smallest absolute Gasteiger partial charge is 0.335 e. The Labute approximate surface area is 140 Å². The van der Waals surface area contributed by atoms with E-state index in [0.717, 1.165) is 11.6 Å². The molecule has 0 heterocycles. The van der Waals surface area contributed by atoms with Gasteiger partial charge in [0.05, 0.1) is 5.57 Å². The molecule has 0 amide bonds. The molecule has 5 nitrogen and oxygen atoms in total. The lowest BCUT2D eigenvalue weighted by Crippen LogP contribution is -2.05. The summed E-state index contributed by atoms with van der Waals surface area (Å²) in [7, 11) is 0. The minimum Gasteiger partial charge on any atom is -0.478 e. The van der Waals surface area contributed by atoms with Gasteiger partial charge in [0, 0.05) is 12.5 Å². The predicted molar refractivity (Wildman–Crippen MR) is 90.8 cm³/mol. The van der Waals surface area contributed by atoms with Crippen LogP contribution < -0.4 is 4.74 Å². The fourth-order valence-electron chi connectivity index (χ4n) is 1.62. The van der Waals surface area contributed by atoms with Crippen LogP contribution in [0.4, 0.5) is 0 Å². The van der Waals surface area contributed by atoms with Crippen LogP contribution in [0.2, 0.25) is 0 Å². The van der Waals surface area contributed by atoms with Crippen molar-refractivity contribution in [2.24, 2.45) is 0 Å². The van der Waals surface area contributed by atoms with E-state index in [-0.39, 0.29) is 5.57 Å². The third-order valence-corrected chi connectivity index (χ3v) is 2.77. The van der Waals surface area contributed by atoms with Crippen molar-refractivity contribution in [1.82, 2.24) is 0 Å². The molecule has 0 aromatic heterocycles. The highest BCUT2D eigenvalue weighted by Gasteiger charge is 2.09. The van der Waals surface area contributed by atoms with Crippen molar-refractivity contribution < 1.29 is 24.5 Å². The summed E-state index contributed by atoms with van der Waals surface area (Å²) in [4.78, 5) is 20.4. The number of carbonyl (C=O) groups is 2. The number of hydrogen-bond donors (Lipinski definition) is 2. The van der Waals surface area contributed by atoms with Gasteiger partial charge in [0.15, 0.2) is 0 Å². The number of hydrogen-bond acceptors (Lipinski definition) is 3. The Bertz CT molecular complexity index is 690. The molecule has 0 bridgehead atoms. The molecule has 0 atom stereocenters. The number of aliphatic carboxylic acids is 2. The molecule has 0 saturated heterocycles. The molecular weight excluding hydrogens is 308 g/mol. The first-order chi connectivity index (χ1) is 11.5. The van der Waals surface area contributed by atoms with Crippen LogP contribution in [0.25, 0.3) is 0 Å². The van der Waals surface area contributed by atoms with E-state index < -0.39 is 11.9 Å². The highest BCUT2D eigenvalue weighted by Crippen LogP contribution is 2.12. The summed E-state index contributed by atoms with van der Waals surface area (Å²) >= 11 is 0. The summed E-state index contributed by atoms with van der Waals surface area (Å²) in [6.07, 6.45) is 2.47.